The number of rotatable bonds is 6. The first kappa shape index (κ1) is 20.9. The Labute approximate surface area is 172 Å². The van der Waals surface area contributed by atoms with Gasteiger partial charge in [0.25, 0.3) is 0 Å². The summed E-state index contributed by atoms with van der Waals surface area (Å²) >= 11 is 1.40. The zero-order valence-electron chi connectivity index (χ0n) is 17.4. The maximum absolute atomic E-state index is 12.5. The van der Waals surface area contributed by atoms with E-state index in [2.05, 4.69) is 72.0 Å². The lowest BCUT2D eigenvalue weighted by atomic mass is 9.87. The lowest BCUT2D eigenvalue weighted by Gasteiger charge is -2.34. The van der Waals surface area contributed by atoms with Crippen molar-refractivity contribution in [3.05, 3.63) is 29.8 Å². The molecule has 2 aromatic rings. The molecule has 0 atom stereocenters. The Hall–Kier alpha value is -1.86. The molecule has 28 heavy (non-hydrogen) atoms. The van der Waals surface area contributed by atoms with Crippen LogP contribution >= 0.6 is 11.8 Å². The molecule has 1 aliphatic heterocycles. The number of hydrogen-bond acceptors (Lipinski definition) is 5. The van der Waals surface area contributed by atoms with Gasteiger partial charge < -0.3 is 4.90 Å². The Kier molecular flexibility index (Phi) is 6.78. The third-order valence-corrected chi connectivity index (χ3v) is 5.91. The first-order valence-electron chi connectivity index (χ1n) is 10.0. The van der Waals surface area contributed by atoms with Crippen LogP contribution in [0.15, 0.2) is 29.4 Å². The standard InChI is InChI=1S/C21H31N5OS/c1-5-10-25-11-13-26(14-12-25)18(27)15-28-20-22-19(23-24-20)16-6-8-17(9-7-16)21(2,3)4/h6-9H,5,10-15H2,1-4H3,(H,22,23,24). The fourth-order valence-corrected chi connectivity index (χ4v) is 4.02. The Balaban J connectivity index is 1.52. The van der Waals surface area contributed by atoms with Gasteiger partial charge in [0.2, 0.25) is 11.1 Å². The molecule has 0 aliphatic carbocycles. The number of aromatic amines is 1. The molecule has 1 amide bonds. The Morgan fingerprint density at radius 1 is 1.14 bits per heavy atom. The molecule has 1 fully saturated rings. The largest absolute Gasteiger partial charge is 0.339 e. The van der Waals surface area contributed by atoms with Crippen molar-refractivity contribution in [2.45, 2.75) is 44.7 Å². The highest BCUT2D eigenvalue weighted by Gasteiger charge is 2.21. The molecule has 0 bridgehead atoms. The van der Waals surface area contributed by atoms with Gasteiger partial charge in [-0.2, -0.15) is 0 Å². The van der Waals surface area contributed by atoms with Crippen molar-refractivity contribution < 1.29 is 4.79 Å². The molecular weight excluding hydrogens is 370 g/mol. The van der Waals surface area contributed by atoms with Crippen molar-refractivity contribution in [3.63, 3.8) is 0 Å². The number of benzene rings is 1. The summed E-state index contributed by atoms with van der Waals surface area (Å²) in [5, 5.41) is 7.87. The lowest BCUT2D eigenvalue weighted by molar-refractivity contribution is -0.130. The minimum atomic E-state index is 0.128. The van der Waals surface area contributed by atoms with Crippen molar-refractivity contribution in [1.82, 2.24) is 25.0 Å². The van der Waals surface area contributed by atoms with Crippen LogP contribution in [-0.4, -0.2) is 69.4 Å². The second-order valence-electron chi connectivity index (χ2n) is 8.31. The maximum atomic E-state index is 12.5. The van der Waals surface area contributed by atoms with Gasteiger partial charge >= 0.3 is 0 Å². The zero-order chi connectivity index (χ0) is 20.1. The number of aromatic nitrogens is 3. The molecule has 1 aliphatic rings. The molecule has 6 nitrogen and oxygen atoms in total. The van der Waals surface area contributed by atoms with E-state index in [0.29, 0.717) is 10.9 Å². The SMILES string of the molecule is CCCN1CCN(C(=O)CSc2n[nH]c(-c3ccc(C(C)(C)C)cc3)n2)CC1. The predicted molar refractivity (Wildman–Crippen MR) is 115 cm³/mol. The molecule has 0 radical (unpaired) electrons. The average molecular weight is 402 g/mol. The fourth-order valence-electron chi connectivity index (χ4n) is 3.32. The van der Waals surface area contributed by atoms with Crippen molar-refractivity contribution in [2.24, 2.45) is 0 Å². The van der Waals surface area contributed by atoms with Gasteiger partial charge in [0.1, 0.15) is 0 Å². The van der Waals surface area contributed by atoms with Crippen LogP contribution < -0.4 is 0 Å². The van der Waals surface area contributed by atoms with E-state index in [0.717, 1.165) is 50.5 Å². The first-order valence-corrected chi connectivity index (χ1v) is 11.0. The molecule has 1 aromatic carbocycles. The zero-order valence-corrected chi connectivity index (χ0v) is 18.2. The normalized spacial score (nSPS) is 15.8. The number of nitrogens with zero attached hydrogens (tertiary/aromatic N) is 4. The van der Waals surface area contributed by atoms with Gasteiger partial charge in [-0.25, -0.2) is 4.98 Å². The smallest absolute Gasteiger partial charge is 0.233 e. The number of thioether (sulfide) groups is 1. The molecule has 3 rings (SSSR count). The van der Waals surface area contributed by atoms with E-state index >= 15 is 0 Å². The van der Waals surface area contributed by atoms with Crippen molar-refractivity contribution >= 4 is 17.7 Å². The summed E-state index contributed by atoms with van der Waals surface area (Å²) < 4.78 is 0. The number of carbonyl (C=O) groups excluding carboxylic acids is 1. The molecule has 1 aromatic heterocycles. The van der Waals surface area contributed by atoms with Crippen LogP contribution in [0.2, 0.25) is 0 Å². The van der Waals surface area contributed by atoms with Crippen LogP contribution in [-0.2, 0) is 10.2 Å². The summed E-state index contributed by atoms with van der Waals surface area (Å²) in [6.07, 6.45) is 1.16. The molecular formula is C21H31N5OS. The predicted octanol–water partition coefficient (Wildman–Crippen LogP) is 3.42. The summed E-state index contributed by atoms with van der Waals surface area (Å²) in [5.74, 6) is 1.29. The molecule has 152 valence electrons. The summed E-state index contributed by atoms with van der Waals surface area (Å²) in [4.78, 5) is 21.4. The Morgan fingerprint density at radius 2 is 1.82 bits per heavy atom. The van der Waals surface area contributed by atoms with Crippen molar-refractivity contribution in [1.29, 1.82) is 0 Å². The van der Waals surface area contributed by atoms with Gasteiger partial charge in [0, 0.05) is 31.7 Å². The number of hydrogen-bond donors (Lipinski definition) is 1. The lowest BCUT2D eigenvalue weighted by Crippen LogP contribution is -2.49. The highest BCUT2D eigenvalue weighted by atomic mass is 32.2. The van der Waals surface area contributed by atoms with Crippen LogP contribution in [0.4, 0.5) is 0 Å². The highest BCUT2D eigenvalue weighted by Crippen LogP contribution is 2.25. The van der Waals surface area contributed by atoms with Crippen molar-refractivity contribution in [2.75, 3.05) is 38.5 Å². The summed E-state index contributed by atoms with van der Waals surface area (Å²) in [6.45, 7) is 13.5. The van der Waals surface area contributed by atoms with Crippen molar-refractivity contribution in [3.8, 4) is 11.4 Å². The number of amides is 1. The van der Waals surface area contributed by atoms with E-state index in [4.69, 9.17) is 0 Å². The summed E-state index contributed by atoms with van der Waals surface area (Å²) in [5.41, 5.74) is 2.42. The average Bonchev–Trinajstić information content (AvgIpc) is 3.15. The number of piperazine rings is 1. The van der Waals surface area contributed by atoms with Crippen LogP contribution in [0.1, 0.15) is 39.7 Å². The van der Waals surface area contributed by atoms with Gasteiger partial charge in [0.05, 0.1) is 5.75 Å². The number of H-pyrrole nitrogens is 1. The fraction of sp³-hybridized carbons (Fsp3) is 0.571. The highest BCUT2D eigenvalue weighted by molar-refractivity contribution is 7.99. The van der Waals surface area contributed by atoms with Gasteiger partial charge in [0.15, 0.2) is 5.82 Å². The minimum absolute atomic E-state index is 0.128. The Morgan fingerprint density at radius 3 is 2.43 bits per heavy atom. The van der Waals surface area contributed by atoms with Gasteiger partial charge in [-0.1, -0.05) is 63.7 Å². The minimum Gasteiger partial charge on any atom is -0.339 e. The van der Waals surface area contributed by atoms with Crippen LogP contribution in [0.3, 0.4) is 0 Å². The summed E-state index contributed by atoms with van der Waals surface area (Å²) in [7, 11) is 0. The second-order valence-corrected chi connectivity index (χ2v) is 9.25. The van der Waals surface area contributed by atoms with E-state index in [1.807, 2.05) is 4.90 Å². The van der Waals surface area contributed by atoms with E-state index in [1.54, 1.807) is 0 Å². The monoisotopic (exact) mass is 401 g/mol. The molecule has 0 unspecified atom stereocenters. The number of carbonyl (C=O) groups is 1. The number of nitrogens with one attached hydrogen (secondary N) is 1. The molecule has 2 heterocycles. The third-order valence-electron chi connectivity index (χ3n) is 5.08. The van der Waals surface area contributed by atoms with E-state index < -0.39 is 0 Å². The first-order chi connectivity index (χ1) is 13.4. The van der Waals surface area contributed by atoms with E-state index in [1.165, 1.54) is 17.3 Å². The van der Waals surface area contributed by atoms with Crippen LogP contribution in [0, 0.1) is 0 Å². The quantitative estimate of drug-likeness (QED) is 0.752. The Bertz CT molecular complexity index is 773. The molecule has 0 saturated carbocycles. The molecule has 1 saturated heterocycles. The second kappa shape index (κ2) is 9.09. The van der Waals surface area contributed by atoms with E-state index in [-0.39, 0.29) is 11.3 Å². The topological polar surface area (TPSA) is 65.1 Å². The van der Waals surface area contributed by atoms with Gasteiger partial charge in [-0.3, -0.25) is 14.8 Å². The molecule has 1 N–H and O–H groups in total. The van der Waals surface area contributed by atoms with Gasteiger partial charge in [-0.15, -0.1) is 5.10 Å². The maximum Gasteiger partial charge on any atom is 0.233 e. The van der Waals surface area contributed by atoms with E-state index in [9.17, 15) is 4.79 Å². The van der Waals surface area contributed by atoms with Crippen LogP contribution in [0.25, 0.3) is 11.4 Å². The van der Waals surface area contributed by atoms with Gasteiger partial charge in [-0.05, 0) is 23.9 Å². The molecule has 7 heteroatoms. The molecule has 0 spiro atoms. The van der Waals surface area contributed by atoms with Crippen LogP contribution in [0.5, 0.6) is 0 Å². The summed E-state index contributed by atoms with van der Waals surface area (Å²) in [6, 6.07) is 8.39. The third kappa shape index (κ3) is 5.35.